The zero-order chi connectivity index (χ0) is 16.8. The molecule has 0 aromatic heterocycles. The zero-order valence-corrected chi connectivity index (χ0v) is 14.3. The lowest BCUT2D eigenvalue weighted by Gasteiger charge is -2.23. The van der Waals surface area contributed by atoms with Crippen LogP contribution in [-0.2, 0) is 4.79 Å². The van der Waals surface area contributed by atoms with Crippen molar-refractivity contribution < 1.29 is 14.5 Å². The van der Waals surface area contributed by atoms with Crippen molar-refractivity contribution in [2.75, 3.05) is 19.6 Å². The second kappa shape index (κ2) is 9.41. The Labute approximate surface area is 149 Å². The summed E-state index contributed by atoms with van der Waals surface area (Å²) in [6, 6.07) is 3.99. The number of nitrogens with one attached hydrogen (secondary N) is 3. The number of nitrogens with zero attached hydrogens (tertiary/aromatic N) is 1. The maximum atomic E-state index is 12.1. The minimum Gasteiger partial charge on any atom is -0.351 e. The third-order valence-corrected chi connectivity index (χ3v) is 3.80. The van der Waals surface area contributed by atoms with E-state index in [0.29, 0.717) is 6.54 Å². The maximum absolute atomic E-state index is 12.1. The van der Waals surface area contributed by atoms with Crippen molar-refractivity contribution in [3.8, 4) is 0 Å². The molecule has 0 bridgehead atoms. The van der Waals surface area contributed by atoms with E-state index < -0.39 is 16.5 Å². The monoisotopic (exact) mass is 376 g/mol. The highest BCUT2D eigenvalue weighted by molar-refractivity contribution is 6.34. The Morgan fingerprint density at radius 1 is 1.42 bits per heavy atom. The summed E-state index contributed by atoms with van der Waals surface area (Å²) in [5.41, 5.74) is -0.641. The SMILES string of the molecule is Cl.O=C(CNC(=O)c1c(Cl)cccc1[N+](=O)[O-])N[C@H]1CCCNC1. The normalized spacial score (nSPS) is 16.6. The van der Waals surface area contributed by atoms with E-state index in [9.17, 15) is 19.7 Å². The average molecular weight is 377 g/mol. The number of halogens is 2. The standard InChI is InChI=1S/C14H17ClN4O4.ClH/c15-10-4-1-5-11(19(22)23)13(10)14(21)17-8-12(20)18-9-3-2-6-16-7-9;/h1,4-5,9,16H,2-3,6-8H2,(H,17,21)(H,18,20);1H/t9-;/m0./s1. The Morgan fingerprint density at radius 3 is 2.79 bits per heavy atom. The van der Waals surface area contributed by atoms with Gasteiger partial charge in [-0.15, -0.1) is 12.4 Å². The predicted molar refractivity (Wildman–Crippen MR) is 91.7 cm³/mol. The minimum absolute atomic E-state index is 0. The van der Waals surface area contributed by atoms with Crippen molar-refractivity contribution in [1.82, 2.24) is 16.0 Å². The lowest BCUT2D eigenvalue weighted by atomic mass is 10.1. The molecule has 3 N–H and O–H groups in total. The van der Waals surface area contributed by atoms with Gasteiger partial charge in [-0.05, 0) is 25.5 Å². The van der Waals surface area contributed by atoms with Gasteiger partial charge in [-0.1, -0.05) is 17.7 Å². The fourth-order valence-electron chi connectivity index (χ4n) is 2.39. The highest BCUT2D eigenvalue weighted by Gasteiger charge is 2.24. The van der Waals surface area contributed by atoms with Crippen molar-refractivity contribution in [2.24, 2.45) is 0 Å². The van der Waals surface area contributed by atoms with Crippen molar-refractivity contribution in [3.05, 3.63) is 38.9 Å². The van der Waals surface area contributed by atoms with Crippen LogP contribution in [0, 0.1) is 10.1 Å². The van der Waals surface area contributed by atoms with Gasteiger partial charge in [-0.3, -0.25) is 19.7 Å². The highest BCUT2D eigenvalue weighted by Crippen LogP contribution is 2.25. The summed E-state index contributed by atoms with van der Waals surface area (Å²) in [6.45, 7) is 1.35. The molecule has 0 spiro atoms. The summed E-state index contributed by atoms with van der Waals surface area (Å²) < 4.78 is 0. The predicted octanol–water partition coefficient (Wildman–Crippen LogP) is 1.27. The maximum Gasteiger partial charge on any atom is 0.283 e. The van der Waals surface area contributed by atoms with Gasteiger partial charge >= 0.3 is 0 Å². The van der Waals surface area contributed by atoms with E-state index in [4.69, 9.17) is 11.6 Å². The molecule has 0 aliphatic carbocycles. The topological polar surface area (TPSA) is 113 Å². The molecule has 1 aromatic rings. The molecule has 2 amide bonds. The van der Waals surface area contributed by atoms with Crippen LogP contribution in [0.25, 0.3) is 0 Å². The molecule has 0 radical (unpaired) electrons. The molecule has 1 saturated heterocycles. The Bertz CT molecular complexity index is 621. The molecule has 1 atom stereocenters. The first-order valence-corrected chi connectivity index (χ1v) is 7.58. The Kier molecular flexibility index (Phi) is 7.90. The molecule has 2 rings (SSSR count). The molecule has 1 aromatic carbocycles. The second-order valence-corrected chi connectivity index (χ2v) is 5.59. The number of nitro benzene ring substituents is 1. The number of hydrogen-bond acceptors (Lipinski definition) is 5. The minimum atomic E-state index is -0.751. The van der Waals surface area contributed by atoms with Gasteiger partial charge in [0.15, 0.2) is 0 Å². The van der Waals surface area contributed by atoms with Gasteiger partial charge in [-0.2, -0.15) is 0 Å². The van der Waals surface area contributed by atoms with Gasteiger partial charge in [0.2, 0.25) is 5.91 Å². The number of rotatable bonds is 5. The number of carbonyl (C=O) groups excluding carboxylic acids is 2. The van der Waals surface area contributed by atoms with Crippen LogP contribution in [0.2, 0.25) is 5.02 Å². The summed E-state index contributed by atoms with van der Waals surface area (Å²) in [5.74, 6) is -1.10. The number of piperidine rings is 1. The quantitative estimate of drug-likeness (QED) is 0.528. The van der Waals surface area contributed by atoms with Gasteiger partial charge < -0.3 is 16.0 Å². The van der Waals surface area contributed by atoms with Gasteiger partial charge in [0.05, 0.1) is 16.5 Å². The van der Waals surface area contributed by atoms with Crippen molar-refractivity contribution in [3.63, 3.8) is 0 Å². The van der Waals surface area contributed by atoms with Crippen molar-refractivity contribution in [1.29, 1.82) is 0 Å². The largest absolute Gasteiger partial charge is 0.351 e. The molecular formula is C14H18Cl2N4O4. The van der Waals surface area contributed by atoms with E-state index in [2.05, 4.69) is 16.0 Å². The van der Waals surface area contributed by atoms with Gasteiger partial charge in [0.1, 0.15) is 5.56 Å². The van der Waals surface area contributed by atoms with Crippen LogP contribution < -0.4 is 16.0 Å². The molecule has 8 nitrogen and oxygen atoms in total. The third-order valence-electron chi connectivity index (χ3n) is 3.49. The van der Waals surface area contributed by atoms with Gasteiger partial charge in [-0.25, -0.2) is 0 Å². The van der Waals surface area contributed by atoms with E-state index in [1.165, 1.54) is 18.2 Å². The highest BCUT2D eigenvalue weighted by atomic mass is 35.5. The summed E-state index contributed by atoms with van der Waals surface area (Å²) in [5, 5.41) is 19.2. The van der Waals surface area contributed by atoms with Crippen LogP contribution in [0.15, 0.2) is 18.2 Å². The van der Waals surface area contributed by atoms with Crippen LogP contribution in [0.5, 0.6) is 0 Å². The summed E-state index contributed by atoms with van der Waals surface area (Å²) in [7, 11) is 0. The van der Waals surface area contributed by atoms with Crippen LogP contribution in [0.1, 0.15) is 23.2 Å². The van der Waals surface area contributed by atoms with Crippen LogP contribution in [0.4, 0.5) is 5.69 Å². The van der Waals surface area contributed by atoms with Crippen LogP contribution in [-0.4, -0.2) is 42.4 Å². The Morgan fingerprint density at radius 2 is 2.17 bits per heavy atom. The smallest absolute Gasteiger partial charge is 0.283 e. The average Bonchev–Trinajstić information content (AvgIpc) is 2.53. The van der Waals surface area contributed by atoms with E-state index in [-0.39, 0.29) is 41.5 Å². The molecule has 0 saturated carbocycles. The fourth-order valence-corrected chi connectivity index (χ4v) is 2.65. The molecule has 1 heterocycles. The lowest BCUT2D eigenvalue weighted by Crippen LogP contribution is -2.48. The van der Waals surface area contributed by atoms with E-state index >= 15 is 0 Å². The molecular weight excluding hydrogens is 359 g/mol. The summed E-state index contributed by atoms with van der Waals surface area (Å²) in [6.07, 6.45) is 1.85. The molecule has 24 heavy (non-hydrogen) atoms. The Balaban J connectivity index is 0.00000288. The summed E-state index contributed by atoms with van der Waals surface area (Å²) in [4.78, 5) is 34.2. The number of carbonyl (C=O) groups is 2. The third kappa shape index (κ3) is 5.33. The van der Waals surface area contributed by atoms with Crippen molar-refractivity contribution in [2.45, 2.75) is 18.9 Å². The van der Waals surface area contributed by atoms with Gasteiger partial charge in [0, 0.05) is 18.7 Å². The Hall–Kier alpha value is -1.90. The lowest BCUT2D eigenvalue weighted by molar-refractivity contribution is -0.385. The molecule has 10 heteroatoms. The molecule has 1 aliphatic heterocycles. The van der Waals surface area contributed by atoms with Crippen LogP contribution in [0.3, 0.4) is 0 Å². The summed E-state index contributed by atoms with van der Waals surface area (Å²) >= 11 is 5.87. The van der Waals surface area contributed by atoms with Crippen molar-refractivity contribution >= 4 is 41.5 Å². The van der Waals surface area contributed by atoms with E-state index in [1.807, 2.05) is 0 Å². The first kappa shape index (κ1) is 20.1. The van der Waals surface area contributed by atoms with E-state index in [1.54, 1.807) is 0 Å². The first-order chi connectivity index (χ1) is 11.0. The van der Waals surface area contributed by atoms with Crippen LogP contribution >= 0.6 is 24.0 Å². The molecule has 132 valence electrons. The fraction of sp³-hybridized carbons (Fsp3) is 0.429. The van der Waals surface area contributed by atoms with E-state index in [0.717, 1.165) is 19.4 Å². The molecule has 1 aliphatic rings. The number of nitro groups is 1. The number of benzene rings is 1. The molecule has 0 unspecified atom stereocenters. The first-order valence-electron chi connectivity index (χ1n) is 7.20. The number of hydrogen-bond donors (Lipinski definition) is 3. The second-order valence-electron chi connectivity index (χ2n) is 5.18. The number of amides is 2. The molecule has 1 fully saturated rings. The zero-order valence-electron chi connectivity index (χ0n) is 12.7. The van der Waals surface area contributed by atoms with Gasteiger partial charge in [0.25, 0.3) is 11.6 Å².